The fourth-order valence-electron chi connectivity index (χ4n) is 3.41. The zero-order valence-electron chi connectivity index (χ0n) is 19.1. The van der Waals surface area contributed by atoms with Crippen molar-refractivity contribution in [1.82, 2.24) is 10.2 Å². The van der Waals surface area contributed by atoms with E-state index in [1.54, 1.807) is 4.90 Å². The fraction of sp³-hybridized carbons (Fsp3) is 0.462. The van der Waals surface area contributed by atoms with E-state index in [0.29, 0.717) is 31.8 Å². The molecule has 2 aromatic carbocycles. The molecule has 2 aromatic rings. The van der Waals surface area contributed by atoms with E-state index in [0.717, 1.165) is 23.1 Å². The summed E-state index contributed by atoms with van der Waals surface area (Å²) in [6.45, 7) is 11.3. The van der Waals surface area contributed by atoms with Gasteiger partial charge in [-0.25, -0.2) is 0 Å². The molecular weight excluding hydrogens is 372 g/mol. The first kappa shape index (κ1) is 23.7. The van der Waals surface area contributed by atoms with Crippen LogP contribution in [-0.4, -0.2) is 29.3 Å². The van der Waals surface area contributed by atoms with Gasteiger partial charge in [0.2, 0.25) is 11.8 Å². The molecule has 0 heterocycles. The summed E-state index contributed by atoms with van der Waals surface area (Å²) in [5.74, 6) is 0.401. The second-order valence-corrected chi connectivity index (χ2v) is 8.31. The van der Waals surface area contributed by atoms with Crippen LogP contribution in [0.1, 0.15) is 68.7 Å². The van der Waals surface area contributed by atoms with Gasteiger partial charge < -0.3 is 10.2 Å². The average Bonchev–Trinajstić information content (AvgIpc) is 2.75. The van der Waals surface area contributed by atoms with Crippen LogP contribution in [0.4, 0.5) is 0 Å². The molecule has 0 unspecified atom stereocenters. The first-order valence-corrected chi connectivity index (χ1v) is 11.0. The van der Waals surface area contributed by atoms with Crippen LogP contribution in [0.25, 0.3) is 0 Å². The Hall–Kier alpha value is -2.62. The normalized spacial score (nSPS) is 11.9. The Morgan fingerprint density at radius 1 is 1.00 bits per heavy atom. The summed E-state index contributed by atoms with van der Waals surface area (Å²) in [6, 6.07) is 16.0. The number of nitrogens with zero attached hydrogens (tertiary/aromatic N) is 1. The highest BCUT2D eigenvalue weighted by molar-refractivity contribution is 5.87. The van der Waals surface area contributed by atoms with E-state index in [-0.39, 0.29) is 11.8 Å². The minimum atomic E-state index is -0.507. The summed E-state index contributed by atoms with van der Waals surface area (Å²) >= 11 is 0. The molecule has 162 valence electrons. The van der Waals surface area contributed by atoms with Crippen molar-refractivity contribution < 1.29 is 9.59 Å². The van der Waals surface area contributed by atoms with Crippen molar-refractivity contribution in [3.05, 3.63) is 70.8 Å². The van der Waals surface area contributed by atoms with Crippen LogP contribution in [0.3, 0.4) is 0 Å². The maximum Gasteiger partial charge on any atom is 0.242 e. The third kappa shape index (κ3) is 6.72. The summed E-state index contributed by atoms with van der Waals surface area (Å²) in [4.78, 5) is 27.5. The molecule has 0 aliphatic rings. The zero-order chi connectivity index (χ0) is 22.1. The van der Waals surface area contributed by atoms with Gasteiger partial charge in [-0.3, -0.25) is 9.59 Å². The van der Waals surface area contributed by atoms with Crippen molar-refractivity contribution in [3.63, 3.8) is 0 Å². The third-order valence-electron chi connectivity index (χ3n) is 5.59. The van der Waals surface area contributed by atoms with Crippen molar-refractivity contribution in [2.75, 3.05) is 6.54 Å². The number of hydrogen-bond donors (Lipinski definition) is 1. The molecule has 4 heteroatoms. The van der Waals surface area contributed by atoms with Gasteiger partial charge >= 0.3 is 0 Å². The molecule has 2 amide bonds. The average molecular weight is 409 g/mol. The molecule has 2 rings (SSSR count). The number of amides is 2. The molecular formula is C26H36N2O2. The van der Waals surface area contributed by atoms with Gasteiger partial charge in [-0.05, 0) is 54.9 Å². The van der Waals surface area contributed by atoms with E-state index in [2.05, 4.69) is 43.4 Å². The lowest BCUT2D eigenvalue weighted by atomic mass is 10.00. The van der Waals surface area contributed by atoms with E-state index >= 15 is 0 Å². The summed E-state index contributed by atoms with van der Waals surface area (Å²) in [5.41, 5.74) is 4.64. The van der Waals surface area contributed by atoms with Crippen LogP contribution in [0.5, 0.6) is 0 Å². The number of carbonyl (C=O) groups is 2. The number of aryl methyl sites for hydroxylation is 2. The van der Waals surface area contributed by atoms with E-state index in [4.69, 9.17) is 0 Å². The number of benzene rings is 2. The van der Waals surface area contributed by atoms with Gasteiger partial charge in [0.25, 0.3) is 0 Å². The molecule has 0 saturated carbocycles. The maximum atomic E-state index is 13.2. The highest BCUT2D eigenvalue weighted by atomic mass is 16.2. The Labute approximate surface area is 181 Å². The molecule has 0 spiro atoms. The Kier molecular flexibility index (Phi) is 9.10. The SMILES string of the molecule is CCCNC(=O)[C@H](C)N(Cc1ccccc1C)C(=O)CCc1ccc(C(C)C)cc1. The quantitative estimate of drug-likeness (QED) is 0.602. The lowest BCUT2D eigenvalue weighted by Gasteiger charge is -2.29. The first-order valence-electron chi connectivity index (χ1n) is 11.0. The third-order valence-corrected chi connectivity index (χ3v) is 5.59. The fourth-order valence-corrected chi connectivity index (χ4v) is 3.41. The molecule has 0 aromatic heterocycles. The van der Waals surface area contributed by atoms with Crippen LogP contribution in [0.15, 0.2) is 48.5 Å². The monoisotopic (exact) mass is 408 g/mol. The molecule has 30 heavy (non-hydrogen) atoms. The summed E-state index contributed by atoms with van der Waals surface area (Å²) in [6.07, 6.45) is 1.93. The van der Waals surface area contributed by atoms with Gasteiger partial charge in [-0.2, -0.15) is 0 Å². The predicted octanol–water partition coefficient (Wildman–Crippen LogP) is 4.99. The van der Waals surface area contributed by atoms with Gasteiger partial charge in [-0.15, -0.1) is 0 Å². The molecule has 0 bridgehead atoms. The highest BCUT2D eigenvalue weighted by Crippen LogP contribution is 2.18. The van der Waals surface area contributed by atoms with Gasteiger partial charge in [0.1, 0.15) is 6.04 Å². The Bertz CT molecular complexity index is 827. The van der Waals surface area contributed by atoms with Crippen LogP contribution >= 0.6 is 0 Å². The van der Waals surface area contributed by atoms with Crippen LogP contribution in [0, 0.1) is 6.92 Å². The first-order chi connectivity index (χ1) is 14.3. The topological polar surface area (TPSA) is 49.4 Å². The van der Waals surface area contributed by atoms with E-state index in [9.17, 15) is 9.59 Å². The molecule has 1 atom stereocenters. The van der Waals surface area contributed by atoms with Gasteiger partial charge in [-0.1, -0.05) is 69.3 Å². The summed E-state index contributed by atoms with van der Waals surface area (Å²) in [7, 11) is 0. The second-order valence-electron chi connectivity index (χ2n) is 8.31. The summed E-state index contributed by atoms with van der Waals surface area (Å²) < 4.78 is 0. The van der Waals surface area contributed by atoms with Gasteiger partial charge in [0, 0.05) is 19.5 Å². The van der Waals surface area contributed by atoms with E-state index < -0.39 is 6.04 Å². The Morgan fingerprint density at radius 3 is 2.27 bits per heavy atom. The van der Waals surface area contributed by atoms with Crippen molar-refractivity contribution in [2.24, 2.45) is 0 Å². The minimum Gasteiger partial charge on any atom is -0.354 e. The number of rotatable bonds is 10. The molecule has 0 radical (unpaired) electrons. The molecule has 4 nitrogen and oxygen atoms in total. The number of nitrogens with one attached hydrogen (secondary N) is 1. The lowest BCUT2D eigenvalue weighted by molar-refractivity contribution is -0.140. The molecule has 0 saturated heterocycles. The predicted molar refractivity (Wildman–Crippen MR) is 123 cm³/mol. The zero-order valence-corrected chi connectivity index (χ0v) is 19.1. The van der Waals surface area contributed by atoms with E-state index in [1.807, 2.05) is 45.0 Å². The van der Waals surface area contributed by atoms with Crippen LogP contribution in [0.2, 0.25) is 0 Å². The minimum absolute atomic E-state index is 0.00494. The molecule has 0 fully saturated rings. The Balaban J connectivity index is 2.12. The van der Waals surface area contributed by atoms with Crippen molar-refractivity contribution in [1.29, 1.82) is 0 Å². The Morgan fingerprint density at radius 2 is 1.67 bits per heavy atom. The molecule has 0 aliphatic carbocycles. The summed E-state index contributed by atoms with van der Waals surface area (Å²) in [5, 5.41) is 2.93. The van der Waals surface area contributed by atoms with Gasteiger partial charge in [0.05, 0.1) is 0 Å². The number of hydrogen-bond acceptors (Lipinski definition) is 2. The van der Waals surface area contributed by atoms with Crippen molar-refractivity contribution in [3.8, 4) is 0 Å². The van der Waals surface area contributed by atoms with E-state index in [1.165, 1.54) is 5.56 Å². The standard InChI is InChI=1S/C26H36N2O2/c1-6-17-27-26(30)21(5)28(18-24-10-8-7-9-20(24)4)25(29)16-13-22-11-14-23(15-12-22)19(2)3/h7-12,14-15,19,21H,6,13,16-18H2,1-5H3,(H,27,30)/t21-/m0/s1. The lowest BCUT2D eigenvalue weighted by Crippen LogP contribution is -2.47. The smallest absolute Gasteiger partial charge is 0.242 e. The van der Waals surface area contributed by atoms with Crippen molar-refractivity contribution >= 4 is 11.8 Å². The maximum absolute atomic E-state index is 13.2. The van der Waals surface area contributed by atoms with Crippen molar-refractivity contribution in [2.45, 2.75) is 72.4 Å². The second kappa shape index (κ2) is 11.5. The molecule has 0 aliphatic heterocycles. The van der Waals surface area contributed by atoms with Crippen LogP contribution in [-0.2, 0) is 22.6 Å². The molecule has 1 N–H and O–H groups in total. The van der Waals surface area contributed by atoms with Gasteiger partial charge in [0.15, 0.2) is 0 Å². The number of carbonyl (C=O) groups excluding carboxylic acids is 2. The van der Waals surface area contributed by atoms with Crippen LogP contribution < -0.4 is 5.32 Å². The highest BCUT2D eigenvalue weighted by Gasteiger charge is 2.26. The largest absolute Gasteiger partial charge is 0.354 e.